The topological polar surface area (TPSA) is 111 Å². The third-order valence-corrected chi connectivity index (χ3v) is 11.2. The van der Waals surface area contributed by atoms with E-state index in [1.54, 1.807) is 13.2 Å². The molecular formula is C39H40N6O3. The van der Waals surface area contributed by atoms with Crippen molar-refractivity contribution in [2.45, 2.75) is 57.7 Å². The smallest absolute Gasteiger partial charge is 0.254 e. The number of methoxy groups -OCH3 is 1. The van der Waals surface area contributed by atoms with Gasteiger partial charge in [-0.1, -0.05) is 24.3 Å². The minimum atomic E-state index is -0.0865. The summed E-state index contributed by atoms with van der Waals surface area (Å²) in [6.07, 6.45) is 5.42. The second-order valence-electron chi connectivity index (χ2n) is 14.3. The van der Waals surface area contributed by atoms with Gasteiger partial charge in [0.05, 0.1) is 23.8 Å². The molecule has 2 aliphatic heterocycles. The van der Waals surface area contributed by atoms with Crippen LogP contribution >= 0.6 is 0 Å². The molecule has 2 bridgehead atoms. The molecule has 6 aromatic rings. The average molecular weight is 641 g/mol. The fourth-order valence-electron chi connectivity index (χ4n) is 8.47. The number of pyridine rings is 1. The van der Waals surface area contributed by atoms with Crippen LogP contribution in [0.15, 0.2) is 65.5 Å². The van der Waals surface area contributed by atoms with Crippen molar-refractivity contribution in [2.24, 2.45) is 24.6 Å². The molecule has 2 saturated heterocycles. The number of aryl methyl sites for hydroxylation is 2. The number of nitrogens with zero attached hydrogens (tertiary/aromatic N) is 4. The number of nitrogens with one attached hydrogen (secondary N) is 1. The standard InChI is InChI=1S/C39H40N6O3/c1-21-13-35(46)41-31-12-10-23(14-29(21)31)28-6-4-5-24-16-33(45(36(24)28)19-22-7-8-22)38-42-32-15-26(17-34(48-3)37(32)43(38)2)39(47)44-20-25-9-11-27(44)18-30(25)40/h4-6,10,12-17,22,25,27,30H,7-9,11,18-20,40H2,1-3H3,(H,41,46)/t25-,27-,30+/m1/s1. The van der Waals surface area contributed by atoms with Crippen molar-refractivity contribution < 1.29 is 9.53 Å². The van der Waals surface area contributed by atoms with Crippen molar-refractivity contribution in [2.75, 3.05) is 13.7 Å². The number of aromatic nitrogens is 4. The molecule has 4 fully saturated rings. The van der Waals surface area contributed by atoms with Crippen LogP contribution in [0.25, 0.3) is 55.5 Å². The Morgan fingerprint density at radius 1 is 1.04 bits per heavy atom. The number of benzene rings is 3. The minimum absolute atomic E-state index is 0.0335. The van der Waals surface area contributed by atoms with Gasteiger partial charge in [-0.05, 0) is 92.3 Å². The van der Waals surface area contributed by atoms with Crippen molar-refractivity contribution in [3.05, 3.63) is 82.1 Å². The summed E-state index contributed by atoms with van der Waals surface area (Å²) >= 11 is 0. The van der Waals surface area contributed by atoms with E-state index in [0.29, 0.717) is 23.1 Å². The number of H-pyrrole nitrogens is 1. The highest BCUT2D eigenvalue weighted by Gasteiger charge is 2.41. The van der Waals surface area contributed by atoms with E-state index in [4.69, 9.17) is 15.5 Å². The number of imidazole rings is 1. The van der Waals surface area contributed by atoms with Crippen LogP contribution in [0.5, 0.6) is 5.75 Å². The lowest BCUT2D eigenvalue weighted by Gasteiger charge is -2.48. The predicted molar refractivity (Wildman–Crippen MR) is 189 cm³/mol. The molecule has 5 heterocycles. The lowest BCUT2D eigenvalue weighted by atomic mass is 9.76. The highest BCUT2D eigenvalue weighted by atomic mass is 16.5. The van der Waals surface area contributed by atoms with Gasteiger partial charge in [0.25, 0.3) is 5.91 Å². The van der Waals surface area contributed by atoms with Crippen molar-refractivity contribution in [1.82, 2.24) is 24.0 Å². The van der Waals surface area contributed by atoms with Gasteiger partial charge in [0.15, 0.2) is 5.82 Å². The summed E-state index contributed by atoms with van der Waals surface area (Å²) in [5.74, 6) is 2.51. The van der Waals surface area contributed by atoms with Gasteiger partial charge in [-0.15, -0.1) is 0 Å². The zero-order valence-electron chi connectivity index (χ0n) is 27.6. The first kappa shape index (κ1) is 29.3. The van der Waals surface area contributed by atoms with Gasteiger partial charge in [-0.2, -0.15) is 0 Å². The van der Waals surface area contributed by atoms with Gasteiger partial charge < -0.3 is 29.5 Å². The first-order valence-electron chi connectivity index (χ1n) is 17.1. The van der Waals surface area contributed by atoms with Gasteiger partial charge in [-0.25, -0.2) is 4.98 Å². The quantitative estimate of drug-likeness (QED) is 0.220. The van der Waals surface area contributed by atoms with Crippen molar-refractivity contribution in [3.8, 4) is 28.4 Å². The number of amides is 1. The van der Waals surface area contributed by atoms with Crippen LogP contribution < -0.4 is 16.0 Å². The maximum absolute atomic E-state index is 13.9. The second-order valence-corrected chi connectivity index (χ2v) is 14.3. The normalized spacial score (nSPS) is 20.8. The van der Waals surface area contributed by atoms with Gasteiger partial charge in [-0.3, -0.25) is 9.59 Å². The molecule has 9 heteroatoms. The van der Waals surface area contributed by atoms with Crippen LogP contribution in [-0.2, 0) is 13.6 Å². The number of piperidine rings is 2. The van der Waals surface area contributed by atoms with E-state index in [0.717, 1.165) is 87.9 Å². The Hall–Kier alpha value is -4.89. The first-order valence-corrected chi connectivity index (χ1v) is 17.1. The highest BCUT2D eigenvalue weighted by Crippen LogP contribution is 2.42. The van der Waals surface area contributed by atoms with E-state index >= 15 is 0 Å². The van der Waals surface area contributed by atoms with Crippen LogP contribution in [-0.4, -0.2) is 55.6 Å². The summed E-state index contributed by atoms with van der Waals surface area (Å²) in [4.78, 5) is 36.3. The number of rotatable bonds is 6. The molecule has 3 N–H and O–H groups in total. The fourth-order valence-corrected chi connectivity index (χ4v) is 8.47. The summed E-state index contributed by atoms with van der Waals surface area (Å²) in [6.45, 7) is 3.61. The minimum Gasteiger partial charge on any atom is -0.494 e. The van der Waals surface area contributed by atoms with E-state index < -0.39 is 0 Å². The molecule has 3 atom stereocenters. The molecule has 0 spiro atoms. The molecule has 4 aliphatic rings. The monoisotopic (exact) mass is 640 g/mol. The molecular weight excluding hydrogens is 600 g/mol. The fraction of sp³-hybridized carbons (Fsp3) is 0.359. The Morgan fingerprint density at radius 2 is 1.90 bits per heavy atom. The SMILES string of the molecule is COc1cc(C(=O)N2C[C@H]3CC[C@@H]2C[C@@H]3N)cc2nc(-c3cc4cccc(-c5ccc6[nH]c(=O)cc(C)c6c5)c4n3CC3CC3)n(C)c12. The van der Waals surface area contributed by atoms with Gasteiger partial charge in [0, 0.05) is 65.7 Å². The maximum Gasteiger partial charge on any atom is 0.254 e. The lowest BCUT2D eigenvalue weighted by molar-refractivity contribution is 0.0261. The van der Waals surface area contributed by atoms with Gasteiger partial charge >= 0.3 is 0 Å². The molecule has 9 nitrogen and oxygen atoms in total. The number of hydrogen-bond acceptors (Lipinski definition) is 5. The zero-order chi connectivity index (χ0) is 32.8. The number of para-hydroxylation sites is 1. The first-order chi connectivity index (χ1) is 23.3. The number of ether oxygens (including phenoxy) is 1. The number of aromatic amines is 1. The Bertz CT molecular complexity index is 2340. The number of hydrogen-bond donors (Lipinski definition) is 2. The summed E-state index contributed by atoms with van der Waals surface area (Å²) in [7, 11) is 3.70. The van der Waals surface area contributed by atoms with Crippen LogP contribution in [0.3, 0.4) is 0 Å². The largest absolute Gasteiger partial charge is 0.494 e. The van der Waals surface area contributed by atoms with E-state index in [9.17, 15) is 9.59 Å². The molecule has 3 aromatic heterocycles. The maximum atomic E-state index is 13.9. The van der Waals surface area contributed by atoms with Crippen molar-refractivity contribution in [1.29, 1.82) is 0 Å². The van der Waals surface area contributed by atoms with Crippen LogP contribution in [0.4, 0.5) is 0 Å². The number of carbonyl (C=O) groups excluding carboxylic acids is 1. The van der Waals surface area contributed by atoms with Gasteiger partial charge in [0.1, 0.15) is 11.3 Å². The Balaban J connectivity index is 1.18. The lowest BCUT2D eigenvalue weighted by Crippen LogP contribution is -2.58. The highest BCUT2D eigenvalue weighted by molar-refractivity contribution is 6.02. The molecule has 3 aromatic carbocycles. The molecule has 244 valence electrons. The molecule has 2 saturated carbocycles. The number of nitrogens with two attached hydrogens (primary N) is 1. The van der Waals surface area contributed by atoms with Crippen LogP contribution in [0.1, 0.15) is 48.0 Å². The average Bonchev–Trinajstić information content (AvgIpc) is 3.75. The molecule has 2 aliphatic carbocycles. The molecule has 0 unspecified atom stereocenters. The Labute approximate surface area is 278 Å². The Kier molecular flexibility index (Phi) is 6.60. The third-order valence-electron chi connectivity index (χ3n) is 11.2. The summed E-state index contributed by atoms with van der Waals surface area (Å²) < 4.78 is 10.5. The van der Waals surface area contributed by atoms with E-state index in [1.165, 1.54) is 18.4 Å². The molecule has 10 rings (SSSR count). The van der Waals surface area contributed by atoms with Gasteiger partial charge in [0.2, 0.25) is 5.56 Å². The summed E-state index contributed by atoms with van der Waals surface area (Å²) in [5.41, 5.74) is 14.8. The second kappa shape index (κ2) is 10.8. The van der Waals surface area contributed by atoms with Crippen molar-refractivity contribution in [3.63, 3.8) is 0 Å². The zero-order valence-corrected chi connectivity index (χ0v) is 27.6. The molecule has 1 amide bonds. The van der Waals surface area contributed by atoms with Crippen molar-refractivity contribution >= 4 is 38.7 Å². The van der Waals surface area contributed by atoms with Crippen LogP contribution in [0, 0.1) is 18.8 Å². The summed E-state index contributed by atoms with van der Waals surface area (Å²) in [6, 6.07) is 20.9. The number of fused-ring (bicyclic) bond motifs is 6. The third kappa shape index (κ3) is 4.58. The Morgan fingerprint density at radius 3 is 2.65 bits per heavy atom. The predicted octanol–water partition coefficient (Wildman–Crippen LogP) is 6.38. The molecule has 0 radical (unpaired) electrons. The molecule has 48 heavy (non-hydrogen) atoms. The van der Waals surface area contributed by atoms with Crippen LogP contribution in [0.2, 0.25) is 0 Å². The number of carbonyl (C=O) groups is 1. The van der Waals surface area contributed by atoms with E-state index in [1.807, 2.05) is 37.1 Å². The van der Waals surface area contributed by atoms with E-state index in [2.05, 4.69) is 50.5 Å². The van der Waals surface area contributed by atoms with E-state index in [-0.39, 0.29) is 23.6 Å². The summed E-state index contributed by atoms with van der Waals surface area (Å²) in [5, 5.41) is 2.19.